The van der Waals surface area contributed by atoms with Crippen molar-refractivity contribution in [2.75, 3.05) is 13.2 Å². The first-order valence-electron chi connectivity index (χ1n) is 7.40. The number of hydrogen-bond donors (Lipinski definition) is 1. The molecule has 0 aliphatic rings. The first kappa shape index (κ1) is 17.5. The van der Waals surface area contributed by atoms with E-state index in [-0.39, 0.29) is 17.2 Å². The summed E-state index contributed by atoms with van der Waals surface area (Å²) in [7, 11) is 0. The van der Waals surface area contributed by atoms with Gasteiger partial charge in [0, 0.05) is 36.5 Å². The first-order chi connectivity index (χ1) is 9.96. The van der Waals surface area contributed by atoms with Crippen LogP contribution in [0.5, 0.6) is 0 Å². The van der Waals surface area contributed by atoms with Crippen molar-refractivity contribution < 1.29 is 10.0 Å². The lowest BCUT2D eigenvalue weighted by Gasteiger charge is -2.29. The molecule has 0 unspecified atom stereocenters. The number of nitrogens with zero attached hydrogens (tertiary/aromatic N) is 3. The third kappa shape index (κ3) is 4.22. The van der Waals surface area contributed by atoms with Crippen molar-refractivity contribution in [1.29, 1.82) is 0 Å². The lowest BCUT2D eigenvalue weighted by atomic mass is 10.1. The van der Waals surface area contributed by atoms with E-state index in [9.17, 15) is 15.2 Å². The van der Waals surface area contributed by atoms with E-state index in [2.05, 4.69) is 23.7 Å². The molecule has 1 rings (SSSR count). The molecule has 0 saturated carbocycles. The lowest BCUT2D eigenvalue weighted by Crippen LogP contribution is -2.36. The smallest absolute Gasteiger partial charge is 0.278 e. The first-order valence-corrected chi connectivity index (χ1v) is 7.40. The number of hydrogen-bond acceptors (Lipinski definition) is 5. The summed E-state index contributed by atoms with van der Waals surface area (Å²) in [5.74, 6) is 0. The summed E-state index contributed by atoms with van der Waals surface area (Å²) in [5.41, 5.74) is 2.06. The van der Waals surface area contributed by atoms with Gasteiger partial charge in [-0.25, -0.2) is 0 Å². The van der Waals surface area contributed by atoms with Gasteiger partial charge in [-0.3, -0.25) is 20.0 Å². The molecule has 21 heavy (non-hydrogen) atoms. The van der Waals surface area contributed by atoms with Gasteiger partial charge < -0.3 is 5.11 Å². The van der Waals surface area contributed by atoms with Gasteiger partial charge >= 0.3 is 0 Å². The molecular weight excluding hydrogens is 270 g/mol. The van der Waals surface area contributed by atoms with E-state index in [4.69, 9.17) is 0 Å². The molecule has 1 aromatic rings. The summed E-state index contributed by atoms with van der Waals surface area (Å²) in [4.78, 5) is 17.3. The van der Waals surface area contributed by atoms with Gasteiger partial charge in [0.25, 0.3) is 5.69 Å². The normalized spacial score (nSPS) is 11.4. The predicted molar refractivity (Wildman–Crippen MR) is 82.2 cm³/mol. The average molecular weight is 295 g/mol. The van der Waals surface area contributed by atoms with Crippen LogP contribution in [0.2, 0.25) is 0 Å². The fourth-order valence-electron chi connectivity index (χ4n) is 2.72. The Hall–Kier alpha value is -1.53. The summed E-state index contributed by atoms with van der Waals surface area (Å²) in [6, 6.07) is 0.346. The Morgan fingerprint density at radius 1 is 1.38 bits per heavy atom. The number of aromatic nitrogens is 1. The van der Waals surface area contributed by atoms with Crippen LogP contribution in [0.1, 0.15) is 43.5 Å². The molecule has 0 aromatic carbocycles. The summed E-state index contributed by atoms with van der Waals surface area (Å²) in [6.45, 7) is 8.82. The Balaban J connectivity index is 3.09. The van der Waals surface area contributed by atoms with Gasteiger partial charge in [-0.05, 0) is 26.7 Å². The monoisotopic (exact) mass is 295 g/mol. The molecule has 0 aliphatic heterocycles. The highest BCUT2D eigenvalue weighted by atomic mass is 16.6. The zero-order valence-electron chi connectivity index (χ0n) is 13.3. The molecule has 0 radical (unpaired) electrons. The molecule has 6 nitrogen and oxygen atoms in total. The molecule has 0 fully saturated rings. The van der Waals surface area contributed by atoms with Crippen LogP contribution in [0, 0.1) is 24.0 Å². The average Bonchev–Trinajstić information content (AvgIpc) is 2.43. The Morgan fingerprint density at radius 3 is 2.48 bits per heavy atom. The van der Waals surface area contributed by atoms with Crippen molar-refractivity contribution in [2.24, 2.45) is 0 Å². The predicted octanol–water partition coefficient (Wildman–Crippen LogP) is 2.59. The molecule has 6 heteroatoms. The summed E-state index contributed by atoms with van der Waals surface area (Å²) >= 11 is 0. The Labute approximate surface area is 126 Å². The van der Waals surface area contributed by atoms with Crippen molar-refractivity contribution in [3.8, 4) is 0 Å². The molecule has 118 valence electrons. The highest BCUT2D eigenvalue weighted by Gasteiger charge is 2.22. The largest absolute Gasteiger partial charge is 0.395 e. The zero-order valence-corrected chi connectivity index (χ0v) is 13.3. The van der Waals surface area contributed by atoms with E-state index in [0.717, 1.165) is 12.8 Å². The van der Waals surface area contributed by atoms with Crippen LogP contribution < -0.4 is 0 Å². The maximum Gasteiger partial charge on any atom is 0.278 e. The number of rotatable bonds is 8. The van der Waals surface area contributed by atoms with Crippen molar-refractivity contribution in [3.63, 3.8) is 0 Å². The minimum absolute atomic E-state index is 0.0729. The van der Waals surface area contributed by atoms with Crippen molar-refractivity contribution in [2.45, 2.75) is 53.1 Å². The van der Waals surface area contributed by atoms with E-state index in [1.54, 1.807) is 20.0 Å². The SMILES string of the molecule is CCC(CC)N(CCO)Cc1ncc(C)c([N+](=O)[O-])c1C. The van der Waals surface area contributed by atoms with E-state index in [1.165, 1.54) is 0 Å². The van der Waals surface area contributed by atoms with Gasteiger partial charge in [-0.15, -0.1) is 0 Å². The summed E-state index contributed by atoms with van der Waals surface area (Å²) in [5, 5.41) is 20.4. The van der Waals surface area contributed by atoms with E-state index >= 15 is 0 Å². The lowest BCUT2D eigenvalue weighted by molar-refractivity contribution is -0.386. The van der Waals surface area contributed by atoms with E-state index < -0.39 is 0 Å². The van der Waals surface area contributed by atoms with E-state index in [0.29, 0.717) is 36.0 Å². The molecule has 1 aromatic heterocycles. The number of aryl methyl sites for hydroxylation is 1. The van der Waals surface area contributed by atoms with Gasteiger partial charge in [0.05, 0.1) is 17.2 Å². The summed E-state index contributed by atoms with van der Waals surface area (Å²) < 4.78 is 0. The Morgan fingerprint density at radius 2 is 2.00 bits per heavy atom. The van der Waals surface area contributed by atoms with Crippen molar-refractivity contribution in [1.82, 2.24) is 9.88 Å². The summed E-state index contributed by atoms with van der Waals surface area (Å²) in [6.07, 6.45) is 3.51. The molecule has 0 bridgehead atoms. The quantitative estimate of drug-likeness (QED) is 0.589. The van der Waals surface area contributed by atoms with Crippen molar-refractivity contribution in [3.05, 3.63) is 33.1 Å². The van der Waals surface area contributed by atoms with Crippen LogP contribution in [0.15, 0.2) is 6.20 Å². The molecule has 0 atom stereocenters. The van der Waals surface area contributed by atoms with Crippen LogP contribution >= 0.6 is 0 Å². The number of aliphatic hydroxyl groups is 1. The number of nitro groups is 1. The van der Waals surface area contributed by atoms with Gasteiger partial charge in [-0.2, -0.15) is 0 Å². The highest BCUT2D eigenvalue weighted by Crippen LogP contribution is 2.25. The third-order valence-corrected chi connectivity index (χ3v) is 3.96. The topological polar surface area (TPSA) is 79.5 Å². The van der Waals surface area contributed by atoms with Gasteiger partial charge in [0.15, 0.2) is 0 Å². The number of pyridine rings is 1. The van der Waals surface area contributed by atoms with Crippen LogP contribution in [0.3, 0.4) is 0 Å². The minimum atomic E-state index is -0.344. The molecule has 0 aliphatic carbocycles. The molecule has 0 amide bonds. The maximum atomic E-state index is 11.2. The fraction of sp³-hybridized carbons (Fsp3) is 0.667. The Bertz CT molecular complexity index is 487. The second kappa shape index (κ2) is 8.05. The van der Waals surface area contributed by atoms with Gasteiger partial charge in [0.2, 0.25) is 0 Å². The highest BCUT2D eigenvalue weighted by molar-refractivity contribution is 5.47. The van der Waals surface area contributed by atoms with E-state index in [1.807, 2.05) is 0 Å². The van der Waals surface area contributed by atoms with Crippen LogP contribution in [-0.2, 0) is 6.54 Å². The zero-order chi connectivity index (χ0) is 16.0. The van der Waals surface area contributed by atoms with Gasteiger partial charge in [-0.1, -0.05) is 13.8 Å². The minimum Gasteiger partial charge on any atom is -0.395 e. The van der Waals surface area contributed by atoms with Gasteiger partial charge in [0.1, 0.15) is 0 Å². The maximum absolute atomic E-state index is 11.2. The standard InChI is InChI=1S/C15H25N3O3/c1-5-13(6-2)17(7-8-19)10-14-12(4)15(18(20)21)11(3)9-16-14/h9,13,19H,5-8,10H2,1-4H3. The van der Waals surface area contributed by atoms with Crippen LogP contribution in [0.4, 0.5) is 5.69 Å². The number of aliphatic hydroxyl groups excluding tert-OH is 1. The molecule has 1 N–H and O–H groups in total. The molecule has 0 saturated heterocycles. The fourth-order valence-corrected chi connectivity index (χ4v) is 2.72. The van der Waals surface area contributed by atoms with Crippen molar-refractivity contribution >= 4 is 5.69 Å². The molecular formula is C15H25N3O3. The van der Waals surface area contributed by atoms with Crippen LogP contribution in [0.25, 0.3) is 0 Å². The Kier molecular flexibility index (Phi) is 6.71. The molecule has 1 heterocycles. The third-order valence-electron chi connectivity index (χ3n) is 3.96. The second-order valence-corrected chi connectivity index (χ2v) is 5.28. The van der Waals surface area contributed by atoms with Crippen LogP contribution in [-0.4, -0.2) is 39.1 Å². The second-order valence-electron chi connectivity index (χ2n) is 5.28. The molecule has 0 spiro atoms.